The minimum Gasteiger partial charge on any atom is -0.348 e. The van der Waals surface area contributed by atoms with Crippen LogP contribution in [0.25, 0.3) is 11.4 Å². The molecule has 0 unspecified atom stereocenters. The van der Waals surface area contributed by atoms with Crippen molar-refractivity contribution in [2.45, 2.75) is 32.1 Å². The molecular weight excluding hydrogens is 458 g/mol. The molecule has 2 N–H and O–H groups in total. The Balaban J connectivity index is 1.38. The Morgan fingerprint density at radius 1 is 0.914 bits per heavy atom. The van der Waals surface area contributed by atoms with E-state index < -0.39 is 0 Å². The lowest BCUT2D eigenvalue weighted by molar-refractivity contribution is -0.113. The van der Waals surface area contributed by atoms with Crippen molar-refractivity contribution in [3.8, 4) is 11.4 Å². The summed E-state index contributed by atoms with van der Waals surface area (Å²) < 4.78 is 1.99. The number of carbonyl (C=O) groups is 2. The van der Waals surface area contributed by atoms with Crippen LogP contribution in [0.1, 0.15) is 28.4 Å². The first-order valence-electron chi connectivity index (χ1n) is 11.4. The van der Waals surface area contributed by atoms with E-state index in [0.29, 0.717) is 29.5 Å². The van der Waals surface area contributed by atoms with Crippen LogP contribution in [0.5, 0.6) is 0 Å². The number of rotatable bonds is 9. The number of anilines is 1. The smallest absolute Gasteiger partial charge is 0.253 e. The minimum atomic E-state index is -0.243. The molecule has 8 heteroatoms. The molecule has 0 bridgehead atoms. The number of nitrogens with one attached hydrogen (secondary N) is 2. The van der Waals surface area contributed by atoms with E-state index in [0.717, 1.165) is 17.0 Å². The van der Waals surface area contributed by atoms with Crippen LogP contribution in [0.4, 0.5) is 5.69 Å². The number of carbonyl (C=O) groups excluding carboxylic acids is 2. The largest absolute Gasteiger partial charge is 0.348 e. The Bertz CT molecular complexity index is 1300. The molecule has 3 aromatic carbocycles. The van der Waals surface area contributed by atoms with Crippen LogP contribution in [-0.2, 0) is 17.9 Å². The SMILES string of the molecule is CCn1c(SCC(=O)Nc2ccccc2C(=O)NCc2ccc(C)cc2)nnc1-c1ccccc1. The molecule has 1 heterocycles. The molecule has 0 aliphatic carbocycles. The first kappa shape index (κ1) is 24.2. The van der Waals surface area contributed by atoms with Crippen molar-refractivity contribution >= 4 is 29.3 Å². The summed E-state index contributed by atoms with van der Waals surface area (Å²) in [5.41, 5.74) is 4.04. The number of thioether (sulfide) groups is 1. The third-order valence-electron chi connectivity index (χ3n) is 5.42. The van der Waals surface area contributed by atoms with Crippen LogP contribution >= 0.6 is 11.8 Å². The lowest BCUT2D eigenvalue weighted by Crippen LogP contribution is -2.25. The molecule has 0 aliphatic heterocycles. The fraction of sp³-hybridized carbons (Fsp3) is 0.185. The normalized spacial score (nSPS) is 10.7. The molecule has 0 atom stereocenters. The highest BCUT2D eigenvalue weighted by molar-refractivity contribution is 7.99. The van der Waals surface area contributed by atoms with Crippen molar-refractivity contribution in [2.24, 2.45) is 0 Å². The lowest BCUT2D eigenvalue weighted by atomic mass is 10.1. The zero-order valence-electron chi connectivity index (χ0n) is 19.7. The number of amides is 2. The maximum Gasteiger partial charge on any atom is 0.253 e. The van der Waals surface area contributed by atoms with Crippen LogP contribution in [-0.4, -0.2) is 32.3 Å². The van der Waals surface area contributed by atoms with Crippen LogP contribution in [0.2, 0.25) is 0 Å². The summed E-state index contributed by atoms with van der Waals surface area (Å²) in [6, 6.07) is 24.8. The van der Waals surface area contributed by atoms with Gasteiger partial charge < -0.3 is 15.2 Å². The number of nitrogens with zero attached hydrogens (tertiary/aromatic N) is 3. The van der Waals surface area contributed by atoms with Crippen LogP contribution in [0.15, 0.2) is 84.0 Å². The molecular formula is C27H27N5O2S. The molecule has 1 aromatic heterocycles. The van der Waals surface area contributed by atoms with E-state index in [4.69, 9.17) is 0 Å². The molecule has 0 spiro atoms. The molecule has 0 saturated heterocycles. The molecule has 7 nitrogen and oxygen atoms in total. The van der Waals surface area contributed by atoms with Gasteiger partial charge in [0.05, 0.1) is 17.0 Å². The molecule has 0 radical (unpaired) electrons. The molecule has 2 amide bonds. The molecule has 0 fully saturated rings. The summed E-state index contributed by atoms with van der Waals surface area (Å²) in [6.07, 6.45) is 0. The Kier molecular flexibility index (Phi) is 7.95. The van der Waals surface area contributed by atoms with E-state index in [9.17, 15) is 9.59 Å². The lowest BCUT2D eigenvalue weighted by Gasteiger charge is -2.12. The standard InChI is InChI=1S/C27H27N5O2S/c1-3-32-25(21-9-5-4-6-10-21)30-31-27(32)35-18-24(33)29-23-12-8-7-11-22(23)26(34)28-17-20-15-13-19(2)14-16-20/h4-16H,3,17-18H2,1-2H3,(H,28,34)(H,29,33). The number of hydrogen-bond acceptors (Lipinski definition) is 5. The van der Waals surface area contributed by atoms with Crippen molar-refractivity contribution in [1.82, 2.24) is 20.1 Å². The number of aryl methyl sites for hydroxylation is 1. The molecule has 0 saturated carbocycles. The monoisotopic (exact) mass is 485 g/mol. The number of hydrogen-bond donors (Lipinski definition) is 2. The van der Waals surface area contributed by atoms with E-state index in [2.05, 4.69) is 20.8 Å². The van der Waals surface area contributed by atoms with Gasteiger partial charge in [-0.3, -0.25) is 9.59 Å². The van der Waals surface area contributed by atoms with Gasteiger partial charge in [-0.25, -0.2) is 0 Å². The van der Waals surface area contributed by atoms with Crippen molar-refractivity contribution in [1.29, 1.82) is 0 Å². The van der Waals surface area contributed by atoms with Gasteiger partial charge in [-0.2, -0.15) is 0 Å². The highest BCUT2D eigenvalue weighted by atomic mass is 32.2. The van der Waals surface area contributed by atoms with Crippen LogP contribution in [0, 0.1) is 6.92 Å². The van der Waals surface area contributed by atoms with E-state index in [1.807, 2.05) is 73.0 Å². The van der Waals surface area contributed by atoms with Crippen molar-refractivity contribution in [3.05, 3.63) is 95.6 Å². The van der Waals surface area contributed by atoms with Gasteiger partial charge in [-0.05, 0) is 31.5 Å². The van der Waals surface area contributed by atoms with E-state index in [1.54, 1.807) is 24.3 Å². The van der Waals surface area contributed by atoms with Crippen molar-refractivity contribution < 1.29 is 9.59 Å². The molecule has 0 aliphatic rings. The van der Waals surface area contributed by atoms with Gasteiger partial charge in [-0.1, -0.05) is 84.1 Å². The van der Waals surface area contributed by atoms with Crippen molar-refractivity contribution in [2.75, 3.05) is 11.1 Å². The third-order valence-corrected chi connectivity index (χ3v) is 6.38. The quantitative estimate of drug-likeness (QED) is 0.328. The average molecular weight is 486 g/mol. The maximum atomic E-state index is 12.8. The van der Waals surface area contributed by atoms with Crippen LogP contribution < -0.4 is 10.6 Å². The van der Waals surface area contributed by atoms with E-state index in [1.165, 1.54) is 17.3 Å². The summed E-state index contributed by atoms with van der Waals surface area (Å²) in [4.78, 5) is 25.5. The Hall–Kier alpha value is -3.91. The first-order chi connectivity index (χ1) is 17.0. The zero-order valence-corrected chi connectivity index (χ0v) is 20.5. The summed E-state index contributed by atoms with van der Waals surface area (Å²) in [6.45, 7) is 5.14. The van der Waals surface area contributed by atoms with E-state index >= 15 is 0 Å². The fourth-order valence-electron chi connectivity index (χ4n) is 3.57. The highest BCUT2D eigenvalue weighted by Gasteiger charge is 2.16. The first-order valence-corrected chi connectivity index (χ1v) is 12.4. The summed E-state index contributed by atoms with van der Waals surface area (Å²) >= 11 is 1.31. The predicted octanol–water partition coefficient (Wildman–Crippen LogP) is 4.93. The Labute approximate surface area is 209 Å². The van der Waals surface area contributed by atoms with Gasteiger partial charge in [0.15, 0.2) is 11.0 Å². The third kappa shape index (κ3) is 6.16. The zero-order chi connectivity index (χ0) is 24.6. The highest BCUT2D eigenvalue weighted by Crippen LogP contribution is 2.24. The van der Waals surface area contributed by atoms with Gasteiger partial charge >= 0.3 is 0 Å². The Morgan fingerprint density at radius 2 is 1.63 bits per heavy atom. The van der Waals surface area contributed by atoms with E-state index in [-0.39, 0.29) is 17.6 Å². The number of aromatic nitrogens is 3. The topological polar surface area (TPSA) is 88.9 Å². The van der Waals surface area contributed by atoms with Gasteiger partial charge in [-0.15, -0.1) is 10.2 Å². The summed E-state index contributed by atoms with van der Waals surface area (Å²) in [5, 5.41) is 15.1. The summed E-state index contributed by atoms with van der Waals surface area (Å²) in [7, 11) is 0. The second-order valence-electron chi connectivity index (χ2n) is 7.97. The predicted molar refractivity (Wildman–Crippen MR) is 139 cm³/mol. The Morgan fingerprint density at radius 3 is 2.37 bits per heavy atom. The average Bonchev–Trinajstić information content (AvgIpc) is 3.31. The number of benzene rings is 3. The second kappa shape index (κ2) is 11.5. The molecule has 35 heavy (non-hydrogen) atoms. The van der Waals surface area contributed by atoms with Gasteiger partial charge in [0.2, 0.25) is 5.91 Å². The van der Waals surface area contributed by atoms with Gasteiger partial charge in [0.1, 0.15) is 0 Å². The second-order valence-corrected chi connectivity index (χ2v) is 8.91. The van der Waals surface area contributed by atoms with Crippen molar-refractivity contribution in [3.63, 3.8) is 0 Å². The number of para-hydroxylation sites is 1. The summed E-state index contributed by atoms with van der Waals surface area (Å²) in [5.74, 6) is 0.450. The minimum absolute atomic E-state index is 0.145. The molecule has 178 valence electrons. The van der Waals surface area contributed by atoms with Crippen LogP contribution in [0.3, 0.4) is 0 Å². The van der Waals surface area contributed by atoms with Gasteiger partial charge in [0, 0.05) is 18.7 Å². The van der Waals surface area contributed by atoms with Gasteiger partial charge in [0.25, 0.3) is 5.91 Å². The maximum absolute atomic E-state index is 12.8. The fourth-order valence-corrected chi connectivity index (χ4v) is 4.37. The molecule has 4 rings (SSSR count). The molecule has 4 aromatic rings.